The van der Waals surface area contributed by atoms with E-state index in [1.54, 1.807) is 6.92 Å². The average molecular weight is 182 g/mol. The Kier molecular flexibility index (Phi) is 1.88. The molecule has 5 heteroatoms. The highest BCUT2D eigenvalue weighted by Crippen LogP contribution is 2.38. The Labute approximate surface area is 75.4 Å². The maximum absolute atomic E-state index is 13.2. The standard InChI is InChI=1S/C8H11FN4/c1-4-6(9)8(13-10)12-7(11-4)5-2-3-5/h5H,2-3,10H2,1H3,(H,11,12,13). The summed E-state index contributed by atoms with van der Waals surface area (Å²) in [5.74, 6) is 5.86. The first-order chi connectivity index (χ1) is 6.22. The van der Waals surface area contributed by atoms with Gasteiger partial charge in [-0.3, -0.25) is 0 Å². The van der Waals surface area contributed by atoms with Crippen LogP contribution in [-0.2, 0) is 0 Å². The quantitative estimate of drug-likeness (QED) is 0.530. The van der Waals surface area contributed by atoms with E-state index in [-0.39, 0.29) is 5.82 Å². The van der Waals surface area contributed by atoms with Gasteiger partial charge in [0.1, 0.15) is 5.82 Å². The molecule has 0 aliphatic heterocycles. The molecule has 70 valence electrons. The minimum absolute atomic E-state index is 0.0920. The molecular weight excluding hydrogens is 171 g/mol. The molecule has 3 N–H and O–H groups in total. The summed E-state index contributed by atoms with van der Waals surface area (Å²) in [6.45, 7) is 1.61. The molecule has 1 aromatic rings. The average Bonchev–Trinajstić information content (AvgIpc) is 2.92. The normalized spacial score (nSPS) is 15.9. The van der Waals surface area contributed by atoms with E-state index < -0.39 is 5.82 Å². The summed E-state index contributed by atoms with van der Waals surface area (Å²) in [6.07, 6.45) is 2.18. The Hall–Kier alpha value is -1.23. The number of halogens is 1. The third-order valence-corrected chi connectivity index (χ3v) is 2.11. The van der Waals surface area contributed by atoms with E-state index in [1.807, 2.05) is 0 Å². The summed E-state index contributed by atoms with van der Waals surface area (Å²) < 4.78 is 13.2. The predicted molar refractivity (Wildman–Crippen MR) is 46.5 cm³/mol. The molecule has 1 fully saturated rings. The van der Waals surface area contributed by atoms with Gasteiger partial charge in [0.2, 0.25) is 0 Å². The first-order valence-electron chi connectivity index (χ1n) is 4.23. The maximum Gasteiger partial charge on any atom is 0.187 e. The van der Waals surface area contributed by atoms with E-state index in [1.165, 1.54) is 0 Å². The number of nitrogen functional groups attached to an aromatic ring is 1. The number of hydrogen-bond acceptors (Lipinski definition) is 4. The van der Waals surface area contributed by atoms with Gasteiger partial charge in [-0.2, -0.15) is 0 Å². The zero-order valence-corrected chi connectivity index (χ0v) is 7.34. The van der Waals surface area contributed by atoms with Crippen LogP contribution in [0.4, 0.5) is 10.2 Å². The van der Waals surface area contributed by atoms with E-state index in [9.17, 15) is 4.39 Å². The Morgan fingerprint density at radius 1 is 1.46 bits per heavy atom. The zero-order valence-electron chi connectivity index (χ0n) is 7.34. The first kappa shape index (κ1) is 8.37. The van der Waals surface area contributed by atoms with Crippen molar-refractivity contribution in [3.05, 3.63) is 17.3 Å². The number of nitrogens with zero attached hydrogens (tertiary/aromatic N) is 2. The molecule has 0 saturated heterocycles. The van der Waals surface area contributed by atoms with Crippen molar-refractivity contribution in [2.24, 2.45) is 5.84 Å². The van der Waals surface area contributed by atoms with Gasteiger partial charge in [0.25, 0.3) is 0 Å². The lowest BCUT2D eigenvalue weighted by Gasteiger charge is -2.05. The summed E-state index contributed by atoms with van der Waals surface area (Å²) >= 11 is 0. The van der Waals surface area contributed by atoms with Crippen LogP contribution >= 0.6 is 0 Å². The van der Waals surface area contributed by atoms with Crippen LogP contribution in [0.3, 0.4) is 0 Å². The number of nitrogens with one attached hydrogen (secondary N) is 1. The van der Waals surface area contributed by atoms with Crippen LogP contribution in [0.15, 0.2) is 0 Å². The van der Waals surface area contributed by atoms with Gasteiger partial charge in [0, 0.05) is 5.92 Å². The van der Waals surface area contributed by atoms with Crippen LogP contribution in [0.1, 0.15) is 30.3 Å². The van der Waals surface area contributed by atoms with E-state index in [0.717, 1.165) is 12.8 Å². The molecule has 0 amide bonds. The van der Waals surface area contributed by atoms with Gasteiger partial charge in [-0.05, 0) is 19.8 Å². The van der Waals surface area contributed by atoms with Crippen molar-refractivity contribution in [2.45, 2.75) is 25.7 Å². The molecule has 2 rings (SSSR count). The monoisotopic (exact) mass is 182 g/mol. The van der Waals surface area contributed by atoms with Crippen LogP contribution < -0.4 is 11.3 Å². The van der Waals surface area contributed by atoms with Crippen LogP contribution in [0.25, 0.3) is 0 Å². The largest absolute Gasteiger partial charge is 0.306 e. The van der Waals surface area contributed by atoms with Gasteiger partial charge in [-0.25, -0.2) is 20.2 Å². The molecule has 4 nitrogen and oxygen atoms in total. The van der Waals surface area contributed by atoms with Crippen molar-refractivity contribution >= 4 is 5.82 Å². The fourth-order valence-electron chi connectivity index (χ4n) is 1.20. The summed E-state index contributed by atoms with van der Waals surface area (Å²) in [5, 5.41) is 0. The third kappa shape index (κ3) is 1.47. The van der Waals surface area contributed by atoms with E-state index in [0.29, 0.717) is 17.4 Å². The Morgan fingerprint density at radius 3 is 2.69 bits per heavy atom. The van der Waals surface area contributed by atoms with Crippen molar-refractivity contribution in [1.82, 2.24) is 9.97 Å². The number of aromatic nitrogens is 2. The molecule has 1 heterocycles. The van der Waals surface area contributed by atoms with E-state index in [4.69, 9.17) is 5.84 Å². The van der Waals surface area contributed by atoms with Crippen LogP contribution in [-0.4, -0.2) is 9.97 Å². The Morgan fingerprint density at radius 2 is 2.15 bits per heavy atom. The highest BCUT2D eigenvalue weighted by Gasteiger charge is 2.28. The fourth-order valence-corrected chi connectivity index (χ4v) is 1.20. The van der Waals surface area contributed by atoms with Crippen LogP contribution in [0, 0.1) is 12.7 Å². The second-order valence-corrected chi connectivity index (χ2v) is 3.25. The van der Waals surface area contributed by atoms with Crippen molar-refractivity contribution in [3.63, 3.8) is 0 Å². The van der Waals surface area contributed by atoms with Gasteiger partial charge in [0.15, 0.2) is 11.6 Å². The smallest absolute Gasteiger partial charge is 0.187 e. The van der Waals surface area contributed by atoms with E-state index in [2.05, 4.69) is 15.4 Å². The SMILES string of the molecule is Cc1nc(C2CC2)nc(NN)c1F. The zero-order chi connectivity index (χ0) is 9.42. The molecule has 0 spiro atoms. The lowest BCUT2D eigenvalue weighted by Crippen LogP contribution is -2.13. The summed E-state index contributed by atoms with van der Waals surface area (Å²) in [5.41, 5.74) is 2.58. The molecule has 0 unspecified atom stereocenters. The molecule has 0 radical (unpaired) electrons. The van der Waals surface area contributed by atoms with Crippen LogP contribution in [0.5, 0.6) is 0 Å². The minimum Gasteiger partial charge on any atom is -0.306 e. The van der Waals surface area contributed by atoms with E-state index >= 15 is 0 Å². The minimum atomic E-state index is -0.466. The number of hydrogen-bond donors (Lipinski definition) is 2. The lowest BCUT2D eigenvalue weighted by molar-refractivity contribution is 0.600. The molecule has 1 aliphatic rings. The highest BCUT2D eigenvalue weighted by atomic mass is 19.1. The number of rotatable bonds is 2. The Balaban J connectivity index is 2.43. The Bertz CT molecular complexity index is 335. The molecule has 0 bridgehead atoms. The third-order valence-electron chi connectivity index (χ3n) is 2.11. The highest BCUT2D eigenvalue weighted by molar-refractivity contribution is 5.37. The number of nitrogens with two attached hydrogens (primary N) is 1. The topological polar surface area (TPSA) is 63.8 Å². The number of anilines is 1. The summed E-state index contributed by atoms with van der Waals surface area (Å²) in [7, 11) is 0. The van der Waals surface area contributed by atoms with Gasteiger partial charge in [-0.15, -0.1) is 0 Å². The predicted octanol–water partition coefficient (Wildman–Crippen LogP) is 1.09. The maximum atomic E-state index is 13.2. The summed E-state index contributed by atoms with van der Waals surface area (Å²) in [4.78, 5) is 8.05. The van der Waals surface area contributed by atoms with Crippen molar-refractivity contribution in [1.29, 1.82) is 0 Å². The van der Waals surface area contributed by atoms with Gasteiger partial charge in [-0.1, -0.05) is 0 Å². The number of hydrazine groups is 1. The summed E-state index contributed by atoms with van der Waals surface area (Å²) in [6, 6.07) is 0. The first-order valence-corrected chi connectivity index (χ1v) is 4.23. The molecule has 0 aromatic carbocycles. The molecule has 13 heavy (non-hydrogen) atoms. The fraction of sp³-hybridized carbons (Fsp3) is 0.500. The second kappa shape index (κ2) is 2.92. The van der Waals surface area contributed by atoms with Gasteiger partial charge < -0.3 is 5.43 Å². The second-order valence-electron chi connectivity index (χ2n) is 3.25. The molecule has 1 aliphatic carbocycles. The molecular formula is C8H11FN4. The number of aryl methyl sites for hydroxylation is 1. The van der Waals surface area contributed by atoms with Crippen molar-refractivity contribution in [2.75, 3.05) is 5.43 Å². The van der Waals surface area contributed by atoms with Gasteiger partial charge >= 0.3 is 0 Å². The van der Waals surface area contributed by atoms with Gasteiger partial charge in [0.05, 0.1) is 5.69 Å². The molecule has 1 aromatic heterocycles. The lowest BCUT2D eigenvalue weighted by atomic mass is 10.3. The van der Waals surface area contributed by atoms with Crippen molar-refractivity contribution in [3.8, 4) is 0 Å². The van der Waals surface area contributed by atoms with Crippen LogP contribution in [0.2, 0.25) is 0 Å². The molecule has 1 saturated carbocycles. The molecule has 0 atom stereocenters. The van der Waals surface area contributed by atoms with Crippen molar-refractivity contribution < 1.29 is 4.39 Å².